The SMILES string of the molecule is COC(=O)[C@H](CSC(CO[C@@H]1O[C@H](COC(C)=O)[C@@H](OC(C)=O)[C@H](OC(C)=O)[C@H]1OC(C)=O)CSC[C@H](NC(=O)OCC1c2ccccc2-c2ccccc21)C(=O)OC(C)(C)C)NC(=O)OC(C)(C)C. The van der Waals surface area contributed by atoms with Gasteiger partial charge in [-0.25, -0.2) is 19.2 Å². The molecule has 1 unspecified atom stereocenters. The van der Waals surface area contributed by atoms with Crippen molar-refractivity contribution in [2.24, 2.45) is 0 Å². The molecule has 1 aliphatic carbocycles. The first-order chi connectivity index (χ1) is 32.8. The Labute approximate surface area is 415 Å². The van der Waals surface area contributed by atoms with E-state index in [0.29, 0.717) is 0 Å². The van der Waals surface area contributed by atoms with Gasteiger partial charge in [0, 0.05) is 56.1 Å². The third-order valence-electron chi connectivity index (χ3n) is 9.99. The van der Waals surface area contributed by atoms with Gasteiger partial charge < -0.3 is 58.0 Å². The fourth-order valence-electron chi connectivity index (χ4n) is 7.30. The highest BCUT2D eigenvalue weighted by molar-refractivity contribution is 8.03. The Hall–Kier alpha value is -5.58. The first-order valence-corrected chi connectivity index (χ1v) is 24.6. The zero-order valence-electron chi connectivity index (χ0n) is 41.2. The molecule has 2 aliphatic rings. The van der Waals surface area contributed by atoms with E-state index in [1.165, 1.54) is 11.8 Å². The molecule has 0 saturated carbocycles. The molecular weight excluding hydrogens is 957 g/mol. The summed E-state index contributed by atoms with van der Waals surface area (Å²) in [7, 11) is 1.15. The number of hydrogen-bond donors (Lipinski definition) is 2. The number of rotatable bonds is 21. The van der Waals surface area contributed by atoms with E-state index in [1.807, 2.05) is 48.5 Å². The number of amides is 2. The fraction of sp³-hybridized carbons (Fsp3) is 0.583. The fourth-order valence-corrected chi connectivity index (χ4v) is 9.79. The van der Waals surface area contributed by atoms with Gasteiger partial charge in [-0.05, 0) is 63.8 Å². The van der Waals surface area contributed by atoms with Gasteiger partial charge in [0.2, 0.25) is 0 Å². The van der Waals surface area contributed by atoms with Crippen LogP contribution in [-0.4, -0.2) is 151 Å². The minimum absolute atomic E-state index is 0.0119. The number of ether oxygens (including phenoxy) is 10. The number of thioether (sulfide) groups is 2. The topological polar surface area (TPSA) is 253 Å². The van der Waals surface area contributed by atoms with Gasteiger partial charge >= 0.3 is 48.0 Å². The summed E-state index contributed by atoms with van der Waals surface area (Å²) in [6.07, 6.45) is -9.06. The average molecular weight is 1020 g/mol. The average Bonchev–Trinajstić information content (AvgIpc) is 3.57. The van der Waals surface area contributed by atoms with Crippen molar-refractivity contribution in [3.05, 3.63) is 59.7 Å². The Morgan fingerprint density at radius 3 is 1.69 bits per heavy atom. The van der Waals surface area contributed by atoms with Gasteiger partial charge in [-0.1, -0.05) is 48.5 Å². The smallest absolute Gasteiger partial charge is 0.408 e. The molecule has 1 fully saturated rings. The molecule has 22 heteroatoms. The molecule has 0 radical (unpaired) electrons. The lowest BCUT2D eigenvalue weighted by Crippen LogP contribution is -2.63. The standard InChI is InChI=1S/C48H64N2O18S2/c1-26(51)60-22-38-39(63-27(2)52)40(64-28(3)53)41(65-29(4)54)44(66-38)61-20-30(70-25-37(42(55)59-11)50-46(58)68-48(8,9)10)23-69-24-36(43(56)67-47(5,6)7)49-45(57)62-21-35-33-18-14-12-16-31(33)32-17-13-15-19-34(32)35/h12-19,30,35-41,44H,20-25H2,1-11H3,(H,49,57)(H,50,58)/t30?,36-,37-,38+,39+,40-,41+,44+/m0/s1. The molecule has 1 heterocycles. The second-order valence-electron chi connectivity index (χ2n) is 18.2. The van der Waals surface area contributed by atoms with E-state index < -0.39 is 114 Å². The Balaban J connectivity index is 1.60. The quantitative estimate of drug-likeness (QED) is 0.120. The lowest BCUT2D eigenvalue weighted by atomic mass is 9.98. The molecule has 2 aromatic rings. The highest BCUT2D eigenvalue weighted by atomic mass is 32.2. The number of esters is 6. The van der Waals surface area contributed by atoms with Crippen LogP contribution in [0, 0.1) is 0 Å². The molecule has 70 heavy (non-hydrogen) atoms. The van der Waals surface area contributed by atoms with E-state index in [4.69, 9.17) is 47.4 Å². The number of carbonyl (C=O) groups excluding carboxylic acids is 8. The van der Waals surface area contributed by atoms with Crippen LogP contribution in [0.1, 0.15) is 86.3 Å². The van der Waals surface area contributed by atoms with Gasteiger partial charge in [0.1, 0.15) is 42.6 Å². The van der Waals surface area contributed by atoms with E-state index in [1.54, 1.807) is 41.5 Å². The number of carbonyl (C=O) groups is 8. The maximum absolute atomic E-state index is 13.7. The van der Waals surface area contributed by atoms with Crippen LogP contribution in [0.2, 0.25) is 0 Å². The predicted octanol–water partition coefficient (Wildman–Crippen LogP) is 5.24. The molecule has 2 aromatic carbocycles. The van der Waals surface area contributed by atoms with Crippen molar-refractivity contribution in [2.45, 2.75) is 134 Å². The minimum Gasteiger partial charge on any atom is -0.467 e. The van der Waals surface area contributed by atoms with Crippen molar-refractivity contribution in [3.63, 3.8) is 0 Å². The number of methoxy groups -OCH3 is 1. The summed E-state index contributed by atoms with van der Waals surface area (Å²) in [4.78, 5) is 102. The van der Waals surface area contributed by atoms with Crippen molar-refractivity contribution in [2.75, 3.05) is 44.2 Å². The summed E-state index contributed by atoms with van der Waals surface area (Å²) in [5, 5.41) is 4.52. The summed E-state index contributed by atoms with van der Waals surface area (Å²) >= 11 is 2.33. The molecular formula is C48H64N2O18S2. The van der Waals surface area contributed by atoms with Crippen LogP contribution in [0.25, 0.3) is 11.1 Å². The Bertz CT molecular complexity index is 2130. The van der Waals surface area contributed by atoms with Crippen LogP contribution in [0.15, 0.2) is 48.5 Å². The minimum atomic E-state index is -1.55. The number of hydrogen-bond acceptors (Lipinski definition) is 20. The Morgan fingerprint density at radius 2 is 1.14 bits per heavy atom. The molecule has 20 nitrogen and oxygen atoms in total. The van der Waals surface area contributed by atoms with Crippen LogP contribution < -0.4 is 10.6 Å². The maximum Gasteiger partial charge on any atom is 0.408 e. The zero-order chi connectivity index (χ0) is 51.9. The van der Waals surface area contributed by atoms with E-state index in [2.05, 4.69) is 10.6 Å². The van der Waals surface area contributed by atoms with E-state index in [9.17, 15) is 38.4 Å². The first kappa shape index (κ1) is 57.0. The van der Waals surface area contributed by atoms with E-state index in [-0.39, 0.29) is 36.4 Å². The molecule has 0 bridgehead atoms. The molecule has 2 N–H and O–H groups in total. The Morgan fingerprint density at radius 1 is 0.614 bits per heavy atom. The van der Waals surface area contributed by atoms with Crippen molar-refractivity contribution in [1.82, 2.24) is 10.6 Å². The van der Waals surface area contributed by atoms with Crippen molar-refractivity contribution in [3.8, 4) is 11.1 Å². The third-order valence-corrected chi connectivity index (χ3v) is 12.7. The third kappa shape index (κ3) is 18.0. The van der Waals surface area contributed by atoms with Gasteiger partial charge in [-0.15, -0.1) is 0 Å². The van der Waals surface area contributed by atoms with Gasteiger partial charge in [-0.2, -0.15) is 23.5 Å². The van der Waals surface area contributed by atoms with Gasteiger partial charge in [0.25, 0.3) is 0 Å². The van der Waals surface area contributed by atoms with E-state index in [0.717, 1.165) is 68.8 Å². The summed E-state index contributed by atoms with van der Waals surface area (Å²) in [5.41, 5.74) is 2.26. The summed E-state index contributed by atoms with van der Waals surface area (Å²) in [6, 6.07) is 13.3. The van der Waals surface area contributed by atoms with Crippen molar-refractivity contribution in [1.29, 1.82) is 0 Å². The van der Waals surface area contributed by atoms with Crippen molar-refractivity contribution < 1.29 is 85.7 Å². The second kappa shape index (κ2) is 26.0. The van der Waals surface area contributed by atoms with Crippen LogP contribution in [0.4, 0.5) is 9.59 Å². The molecule has 8 atom stereocenters. The lowest BCUT2D eigenvalue weighted by Gasteiger charge is -2.44. The maximum atomic E-state index is 13.7. The normalized spacial score (nSPS) is 19.9. The number of benzene rings is 2. The van der Waals surface area contributed by atoms with Crippen molar-refractivity contribution >= 4 is 71.5 Å². The first-order valence-electron chi connectivity index (χ1n) is 22.4. The molecule has 0 spiro atoms. The van der Waals surface area contributed by atoms with E-state index >= 15 is 0 Å². The van der Waals surface area contributed by atoms with Gasteiger partial charge in [0.05, 0.1) is 13.7 Å². The van der Waals surface area contributed by atoms with Gasteiger partial charge in [-0.3, -0.25) is 19.2 Å². The van der Waals surface area contributed by atoms with Gasteiger partial charge in [0.15, 0.2) is 24.6 Å². The largest absolute Gasteiger partial charge is 0.467 e. The van der Waals surface area contributed by atoms with Crippen LogP contribution >= 0.6 is 23.5 Å². The molecule has 0 aromatic heterocycles. The number of alkyl carbamates (subject to hydrolysis) is 2. The zero-order valence-corrected chi connectivity index (χ0v) is 42.9. The summed E-state index contributed by atoms with van der Waals surface area (Å²) in [6.45, 7) is 13.6. The highest BCUT2D eigenvalue weighted by Gasteiger charge is 2.53. The van der Waals surface area contributed by atoms with Crippen LogP contribution in [-0.2, 0) is 76.1 Å². The predicted molar refractivity (Wildman–Crippen MR) is 254 cm³/mol. The molecule has 2 amide bonds. The number of nitrogens with one attached hydrogen (secondary N) is 2. The summed E-state index contributed by atoms with van der Waals surface area (Å²) in [5.74, 6) is -5.00. The Kier molecular flexibility index (Phi) is 21.2. The van der Waals surface area contributed by atoms with Crippen LogP contribution in [0.3, 0.4) is 0 Å². The second-order valence-corrected chi connectivity index (χ2v) is 20.6. The van der Waals surface area contributed by atoms with Crippen LogP contribution in [0.5, 0.6) is 0 Å². The lowest BCUT2D eigenvalue weighted by molar-refractivity contribution is -0.307. The molecule has 386 valence electrons. The molecule has 4 rings (SSSR count). The monoisotopic (exact) mass is 1020 g/mol. The molecule has 1 aliphatic heterocycles. The molecule has 1 saturated heterocycles. The summed E-state index contributed by atoms with van der Waals surface area (Å²) < 4.78 is 56.0. The highest BCUT2D eigenvalue weighted by Crippen LogP contribution is 2.44. The number of fused-ring (bicyclic) bond motifs is 3.